The molecule has 0 radical (unpaired) electrons. The van der Waals surface area contributed by atoms with Crippen molar-refractivity contribution in [1.29, 1.82) is 0 Å². The summed E-state index contributed by atoms with van der Waals surface area (Å²) in [6, 6.07) is 11.8. The minimum atomic E-state index is -0.838. The molecule has 2 aromatic rings. The van der Waals surface area contributed by atoms with Crippen molar-refractivity contribution in [2.24, 2.45) is 16.8 Å². The number of benzene rings is 1. The molecule has 164 valence electrons. The van der Waals surface area contributed by atoms with E-state index in [1.807, 2.05) is 42.7 Å². The molecule has 1 aliphatic heterocycles. The van der Waals surface area contributed by atoms with Crippen molar-refractivity contribution in [2.45, 2.75) is 51.1 Å². The van der Waals surface area contributed by atoms with Gasteiger partial charge in [0.2, 0.25) is 0 Å². The number of hydrogen-bond acceptors (Lipinski definition) is 4. The van der Waals surface area contributed by atoms with Crippen molar-refractivity contribution in [2.75, 3.05) is 13.1 Å². The Labute approximate surface area is 189 Å². The maximum Gasteiger partial charge on any atom is 0.250 e. The summed E-state index contributed by atoms with van der Waals surface area (Å²) in [5.41, 5.74) is 1.41. The first kappa shape index (κ1) is 21.8. The van der Waals surface area contributed by atoms with E-state index in [0.29, 0.717) is 29.8 Å². The molecule has 2 aliphatic rings. The molecule has 1 aromatic carbocycles. The van der Waals surface area contributed by atoms with E-state index in [-0.39, 0.29) is 11.9 Å². The predicted octanol–water partition coefficient (Wildman–Crippen LogP) is 4.67. The van der Waals surface area contributed by atoms with Gasteiger partial charge in [-0.15, -0.1) is 0 Å². The zero-order valence-corrected chi connectivity index (χ0v) is 19.1. The number of carbonyl (C=O) groups is 1. The van der Waals surface area contributed by atoms with E-state index in [2.05, 4.69) is 29.0 Å². The molecule has 0 spiro atoms. The van der Waals surface area contributed by atoms with E-state index in [0.717, 1.165) is 24.1 Å². The molecule has 1 amide bonds. The average molecular weight is 439 g/mol. The second-order valence-corrected chi connectivity index (χ2v) is 9.66. The number of rotatable bonds is 9. The number of hydrogen-bond donors (Lipinski definition) is 1. The number of nitrogens with one attached hydrogen (secondary N) is 1. The molecule has 4 rings (SSSR count). The first-order valence-electron chi connectivity index (χ1n) is 11.2. The van der Waals surface area contributed by atoms with Crippen LogP contribution in [-0.4, -0.2) is 40.8 Å². The Kier molecular flexibility index (Phi) is 6.61. The van der Waals surface area contributed by atoms with Gasteiger partial charge in [0.1, 0.15) is 0 Å². The van der Waals surface area contributed by atoms with Crippen LogP contribution in [0, 0.1) is 11.8 Å². The van der Waals surface area contributed by atoms with Crippen molar-refractivity contribution in [3.63, 3.8) is 0 Å². The predicted molar refractivity (Wildman–Crippen MR) is 125 cm³/mol. The molecule has 0 saturated heterocycles. The lowest BCUT2D eigenvalue weighted by molar-refractivity contribution is -0.128. The van der Waals surface area contributed by atoms with Gasteiger partial charge >= 0.3 is 0 Å². The maximum absolute atomic E-state index is 13.7. The molecule has 1 fully saturated rings. The summed E-state index contributed by atoms with van der Waals surface area (Å²) in [5.74, 6) is 1.04. The number of aliphatic imine (C=N–C) groups is 1. The second kappa shape index (κ2) is 9.39. The van der Waals surface area contributed by atoms with Crippen molar-refractivity contribution >= 4 is 23.8 Å². The molecule has 31 heavy (non-hydrogen) atoms. The third kappa shape index (κ3) is 5.09. The van der Waals surface area contributed by atoms with E-state index in [1.54, 1.807) is 12.4 Å². The van der Waals surface area contributed by atoms with Gasteiger partial charge in [-0.2, -0.15) is 0 Å². The number of pyridine rings is 1. The summed E-state index contributed by atoms with van der Waals surface area (Å²) in [5, 5.41) is 3.90. The van der Waals surface area contributed by atoms with Gasteiger partial charge in [-0.05, 0) is 72.9 Å². The van der Waals surface area contributed by atoms with Crippen LogP contribution in [0.5, 0.6) is 0 Å². The topological polar surface area (TPSA) is 57.6 Å². The highest BCUT2D eigenvalue weighted by Crippen LogP contribution is 2.45. The summed E-state index contributed by atoms with van der Waals surface area (Å²) in [7, 11) is 0. The van der Waals surface area contributed by atoms with Crippen LogP contribution >= 0.6 is 11.6 Å². The number of aromatic nitrogens is 1. The molecule has 2 atom stereocenters. The summed E-state index contributed by atoms with van der Waals surface area (Å²) in [6.07, 6.45) is 9.46. The van der Waals surface area contributed by atoms with Gasteiger partial charge in [0.15, 0.2) is 5.54 Å². The fraction of sp³-hybridized carbons (Fsp3) is 0.480. The Bertz CT molecular complexity index is 911. The molecular formula is C25H31ClN4O. The summed E-state index contributed by atoms with van der Waals surface area (Å²) in [4.78, 5) is 25.0. The Morgan fingerprint density at radius 2 is 1.90 bits per heavy atom. The lowest BCUT2D eigenvalue weighted by Gasteiger charge is -2.38. The quantitative estimate of drug-likeness (QED) is 0.618. The van der Waals surface area contributed by atoms with Crippen LogP contribution in [-0.2, 0) is 11.2 Å². The molecule has 1 aliphatic carbocycles. The van der Waals surface area contributed by atoms with Crippen LogP contribution in [0.2, 0.25) is 5.02 Å². The van der Waals surface area contributed by atoms with Gasteiger partial charge in [0.25, 0.3) is 5.91 Å². The highest BCUT2D eigenvalue weighted by atomic mass is 35.5. The van der Waals surface area contributed by atoms with Gasteiger partial charge < -0.3 is 10.2 Å². The highest BCUT2D eigenvalue weighted by molar-refractivity contribution is 6.30. The van der Waals surface area contributed by atoms with Crippen LogP contribution in [0.15, 0.2) is 53.8 Å². The lowest BCUT2D eigenvalue weighted by atomic mass is 9.78. The SMILES string of the molecule is CC(C)C[C@@]1(C(=O)NCCc2ccncc2)N=CN(CC2CC2)[C@@H]1c1ccc(Cl)cc1. The summed E-state index contributed by atoms with van der Waals surface area (Å²) in [6.45, 7) is 5.84. The monoisotopic (exact) mass is 438 g/mol. The van der Waals surface area contributed by atoms with E-state index in [9.17, 15) is 4.79 Å². The standard InChI is InChI=1S/C25H31ClN4O/c1-18(2)15-25(24(31)28-14-11-19-9-12-27-13-10-19)23(21-5-7-22(26)8-6-21)30(17-29-25)16-20-3-4-20/h5-10,12-13,17-18,20,23H,3-4,11,14-16H2,1-2H3,(H,28,31)/t23-,25-/m1/s1. The molecule has 2 heterocycles. The Morgan fingerprint density at radius 1 is 1.19 bits per heavy atom. The average Bonchev–Trinajstić information content (AvgIpc) is 3.50. The first-order chi connectivity index (χ1) is 15.0. The van der Waals surface area contributed by atoms with E-state index < -0.39 is 5.54 Å². The highest BCUT2D eigenvalue weighted by Gasteiger charge is 2.52. The fourth-order valence-electron chi connectivity index (χ4n) is 4.54. The fourth-order valence-corrected chi connectivity index (χ4v) is 4.66. The van der Waals surface area contributed by atoms with Crippen molar-refractivity contribution in [3.8, 4) is 0 Å². The third-order valence-electron chi connectivity index (χ3n) is 6.13. The van der Waals surface area contributed by atoms with Crippen LogP contribution in [0.25, 0.3) is 0 Å². The molecular weight excluding hydrogens is 408 g/mol. The van der Waals surface area contributed by atoms with Crippen LogP contribution < -0.4 is 5.32 Å². The zero-order valence-electron chi connectivity index (χ0n) is 18.3. The van der Waals surface area contributed by atoms with Crippen molar-refractivity contribution in [3.05, 3.63) is 64.9 Å². The summed E-state index contributed by atoms with van der Waals surface area (Å²) >= 11 is 6.17. The second-order valence-electron chi connectivity index (χ2n) is 9.22. The normalized spacial score (nSPS) is 22.8. The van der Waals surface area contributed by atoms with Gasteiger partial charge in [0.05, 0.1) is 12.4 Å². The lowest BCUT2D eigenvalue weighted by Crippen LogP contribution is -2.52. The maximum atomic E-state index is 13.7. The van der Waals surface area contributed by atoms with Gasteiger partial charge in [-0.3, -0.25) is 14.8 Å². The Hall–Kier alpha value is -2.40. The zero-order chi connectivity index (χ0) is 21.8. The summed E-state index contributed by atoms with van der Waals surface area (Å²) < 4.78 is 0. The number of nitrogens with zero attached hydrogens (tertiary/aromatic N) is 3. The van der Waals surface area contributed by atoms with E-state index >= 15 is 0 Å². The Morgan fingerprint density at radius 3 is 2.55 bits per heavy atom. The first-order valence-corrected chi connectivity index (χ1v) is 11.6. The minimum Gasteiger partial charge on any atom is -0.354 e. The van der Waals surface area contributed by atoms with Crippen molar-refractivity contribution in [1.82, 2.24) is 15.2 Å². The van der Waals surface area contributed by atoms with Crippen LogP contribution in [0.3, 0.4) is 0 Å². The van der Waals surface area contributed by atoms with Gasteiger partial charge in [-0.25, -0.2) is 0 Å². The molecule has 0 unspecified atom stereocenters. The smallest absolute Gasteiger partial charge is 0.250 e. The molecule has 5 nitrogen and oxygen atoms in total. The molecule has 1 saturated carbocycles. The van der Waals surface area contributed by atoms with E-state index in [1.165, 1.54) is 12.8 Å². The Balaban J connectivity index is 1.59. The van der Waals surface area contributed by atoms with Gasteiger partial charge in [-0.1, -0.05) is 37.6 Å². The van der Waals surface area contributed by atoms with Crippen LogP contribution in [0.4, 0.5) is 0 Å². The number of halogens is 1. The number of carbonyl (C=O) groups excluding carboxylic acids is 1. The molecule has 0 bridgehead atoms. The van der Waals surface area contributed by atoms with E-state index in [4.69, 9.17) is 16.6 Å². The third-order valence-corrected chi connectivity index (χ3v) is 6.39. The van der Waals surface area contributed by atoms with Gasteiger partial charge in [0, 0.05) is 30.5 Å². The largest absolute Gasteiger partial charge is 0.354 e. The molecule has 1 N–H and O–H groups in total. The molecule has 1 aromatic heterocycles. The van der Waals surface area contributed by atoms with Crippen LogP contribution in [0.1, 0.15) is 50.3 Å². The number of amides is 1. The van der Waals surface area contributed by atoms with Crippen molar-refractivity contribution < 1.29 is 4.79 Å². The minimum absolute atomic E-state index is 0.00440. The molecule has 6 heteroatoms.